The van der Waals surface area contributed by atoms with E-state index in [9.17, 15) is 0 Å². The minimum Gasteiger partial charge on any atom is -0.399 e. The standard InChI is InChI=1S/C16H20N4/c1-11-9-16(19)12(10-15(11)18)3-2-8-20-14-6-4-13(17)5-7-14/h2-7,9-10,20H,8,17-19H2,1H3/b3-2+. The van der Waals surface area contributed by atoms with Crippen LogP contribution < -0.4 is 22.5 Å². The molecule has 0 atom stereocenters. The fourth-order valence-electron chi connectivity index (χ4n) is 1.87. The Hall–Kier alpha value is -2.62. The monoisotopic (exact) mass is 268 g/mol. The van der Waals surface area contributed by atoms with Crippen LogP contribution in [0.5, 0.6) is 0 Å². The van der Waals surface area contributed by atoms with Crippen LogP contribution in [0.1, 0.15) is 11.1 Å². The lowest BCUT2D eigenvalue weighted by atomic mass is 10.1. The van der Waals surface area contributed by atoms with Gasteiger partial charge in [-0.3, -0.25) is 0 Å². The van der Waals surface area contributed by atoms with Gasteiger partial charge in [0.25, 0.3) is 0 Å². The number of nitrogens with two attached hydrogens (primary N) is 3. The van der Waals surface area contributed by atoms with Crippen molar-refractivity contribution in [1.29, 1.82) is 0 Å². The zero-order chi connectivity index (χ0) is 14.5. The minimum atomic E-state index is 0.705. The fraction of sp³-hybridized carbons (Fsp3) is 0.125. The minimum absolute atomic E-state index is 0.705. The lowest BCUT2D eigenvalue weighted by molar-refractivity contribution is 1.34. The predicted octanol–water partition coefficient (Wildman–Crippen LogP) is 2.87. The van der Waals surface area contributed by atoms with Gasteiger partial charge in [-0.25, -0.2) is 0 Å². The molecule has 0 aliphatic rings. The van der Waals surface area contributed by atoms with Crippen LogP contribution in [-0.2, 0) is 0 Å². The summed E-state index contributed by atoms with van der Waals surface area (Å²) < 4.78 is 0. The number of benzene rings is 2. The Labute approximate surface area is 119 Å². The van der Waals surface area contributed by atoms with Gasteiger partial charge in [-0.05, 0) is 54.4 Å². The number of aryl methyl sites for hydroxylation is 1. The zero-order valence-corrected chi connectivity index (χ0v) is 11.6. The number of rotatable bonds is 4. The van der Waals surface area contributed by atoms with Gasteiger partial charge in [-0.1, -0.05) is 12.2 Å². The van der Waals surface area contributed by atoms with Crippen LogP contribution in [0.2, 0.25) is 0 Å². The highest BCUT2D eigenvalue weighted by molar-refractivity contribution is 5.71. The zero-order valence-electron chi connectivity index (χ0n) is 11.6. The average Bonchev–Trinajstić information content (AvgIpc) is 2.42. The van der Waals surface area contributed by atoms with Gasteiger partial charge in [0, 0.05) is 29.3 Å². The fourth-order valence-corrected chi connectivity index (χ4v) is 1.87. The first-order valence-corrected chi connectivity index (χ1v) is 6.48. The normalized spacial score (nSPS) is 10.8. The third-order valence-corrected chi connectivity index (χ3v) is 3.10. The van der Waals surface area contributed by atoms with E-state index in [4.69, 9.17) is 17.2 Å². The number of hydrogen-bond donors (Lipinski definition) is 4. The molecule has 0 saturated carbocycles. The second-order valence-corrected chi connectivity index (χ2v) is 4.74. The molecule has 104 valence electrons. The molecule has 0 amide bonds. The first-order chi connectivity index (χ1) is 9.56. The SMILES string of the molecule is Cc1cc(N)c(/C=C/CNc2ccc(N)cc2)cc1N. The molecule has 20 heavy (non-hydrogen) atoms. The van der Waals surface area contributed by atoms with Crippen LogP contribution in [0.3, 0.4) is 0 Å². The topological polar surface area (TPSA) is 90.1 Å². The maximum Gasteiger partial charge on any atom is 0.0391 e. The lowest BCUT2D eigenvalue weighted by Crippen LogP contribution is -1.99. The Balaban J connectivity index is 1.97. The van der Waals surface area contributed by atoms with Crippen LogP contribution in [0.25, 0.3) is 6.08 Å². The van der Waals surface area contributed by atoms with E-state index >= 15 is 0 Å². The van der Waals surface area contributed by atoms with E-state index in [1.807, 2.05) is 55.5 Å². The van der Waals surface area contributed by atoms with Crippen LogP contribution in [0, 0.1) is 6.92 Å². The van der Waals surface area contributed by atoms with Gasteiger partial charge >= 0.3 is 0 Å². The second-order valence-electron chi connectivity index (χ2n) is 4.74. The molecule has 2 aromatic carbocycles. The molecule has 0 spiro atoms. The van der Waals surface area contributed by atoms with Crippen molar-refractivity contribution in [1.82, 2.24) is 0 Å². The van der Waals surface area contributed by atoms with E-state index in [1.165, 1.54) is 0 Å². The summed E-state index contributed by atoms with van der Waals surface area (Å²) in [6.45, 7) is 2.65. The van der Waals surface area contributed by atoms with Gasteiger partial charge in [0.05, 0.1) is 0 Å². The van der Waals surface area contributed by atoms with Crippen molar-refractivity contribution < 1.29 is 0 Å². The molecule has 4 heteroatoms. The highest BCUT2D eigenvalue weighted by Crippen LogP contribution is 2.21. The molecule has 0 heterocycles. The maximum atomic E-state index is 5.96. The van der Waals surface area contributed by atoms with Crippen molar-refractivity contribution in [2.45, 2.75) is 6.92 Å². The van der Waals surface area contributed by atoms with E-state index in [1.54, 1.807) is 0 Å². The molecule has 0 aromatic heterocycles. The van der Waals surface area contributed by atoms with Gasteiger partial charge in [-0.2, -0.15) is 0 Å². The molecule has 0 fully saturated rings. The van der Waals surface area contributed by atoms with Gasteiger partial charge in [0.1, 0.15) is 0 Å². The smallest absolute Gasteiger partial charge is 0.0391 e. The molecule has 0 unspecified atom stereocenters. The van der Waals surface area contributed by atoms with Crippen LogP contribution >= 0.6 is 0 Å². The summed E-state index contributed by atoms with van der Waals surface area (Å²) in [4.78, 5) is 0. The summed E-state index contributed by atoms with van der Waals surface area (Å²) in [5.41, 5.74) is 22.7. The summed E-state index contributed by atoms with van der Waals surface area (Å²) in [6.07, 6.45) is 3.98. The van der Waals surface area contributed by atoms with E-state index in [0.717, 1.165) is 33.9 Å². The number of nitrogens with one attached hydrogen (secondary N) is 1. The Morgan fingerprint density at radius 2 is 1.70 bits per heavy atom. The van der Waals surface area contributed by atoms with Crippen molar-refractivity contribution in [3.63, 3.8) is 0 Å². The van der Waals surface area contributed by atoms with Crippen LogP contribution in [-0.4, -0.2) is 6.54 Å². The van der Waals surface area contributed by atoms with Crippen molar-refractivity contribution >= 4 is 28.8 Å². The molecule has 0 bridgehead atoms. The first-order valence-electron chi connectivity index (χ1n) is 6.48. The van der Waals surface area contributed by atoms with Gasteiger partial charge in [-0.15, -0.1) is 0 Å². The Morgan fingerprint density at radius 1 is 1.00 bits per heavy atom. The highest BCUT2D eigenvalue weighted by Gasteiger charge is 1.99. The molecular formula is C16H20N4. The molecule has 0 aliphatic heterocycles. The molecular weight excluding hydrogens is 248 g/mol. The molecule has 0 radical (unpaired) electrons. The van der Waals surface area contributed by atoms with Crippen molar-refractivity contribution in [2.24, 2.45) is 0 Å². The molecule has 2 aromatic rings. The Kier molecular flexibility index (Phi) is 4.15. The van der Waals surface area contributed by atoms with Crippen molar-refractivity contribution in [3.05, 3.63) is 53.6 Å². The first kappa shape index (κ1) is 13.8. The van der Waals surface area contributed by atoms with Crippen LogP contribution in [0.4, 0.5) is 22.7 Å². The summed E-state index contributed by atoms with van der Waals surface area (Å²) in [7, 11) is 0. The summed E-state index contributed by atoms with van der Waals surface area (Å²) in [5.74, 6) is 0. The molecule has 4 nitrogen and oxygen atoms in total. The summed E-state index contributed by atoms with van der Waals surface area (Å²) in [6, 6.07) is 11.4. The molecule has 0 saturated heterocycles. The van der Waals surface area contributed by atoms with Crippen LogP contribution in [0.15, 0.2) is 42.5 Å². The van der Waals surface area contributed by atoms with Gasteiger partial charge in [0.15, 0.2) is 0 Å². The van der Waals surface area contributed by atoms with E-state index in [-0.39, 0.29) is 0 Å². The highest BCUT2D eigenvalue weighted by atomic mass is 14.9. The van der Waals surface area contributed by atoms with E-state index in [0.29, 0.717) is 6.54 Å². The quantitative estimate of drug-likeness (QED) is 0.642. The summed E-state index contributed by atoms with van der Waals surface area (Å²) in [5, 5.41) is 3.27. The molecule has 2 rings (SSSR count). The van der Waals surface area contributed by atoms with E-state index in [2.05, 4.69) is 5.32 Å². The Morgan fingerprint density at radius 3 is 2.40 bits per heavy atom. The third kappa shape index (κ3) is 3.45. The predicted molar refractivity (Wildman–Crippen MR) is 88.4 cm³/mol. The second kappa shape index (κ2) is 6.02. The third-order valence-electron chi connectivity index (χ3n) is 3.10. The van der Waals surface area contributed by atoms with Gasteiger partial charge in [0.2, 0.25) is 0 Å². The molecule has 7 N–H and O–H groups in total. The summed E-state index contributed by atoms with van der Waals surface area (Å²) >= 11 is 0. The van der Waals surface area contributed by atoms with Crippen molar-refractivity contribution in [3.8, 4) is 0 Å². The largest absolute Gasteiger partial charge is 0.399 e. The average molecular weight is 268 g/mol. The maximum absolute atomic E-state index is 5.96. The van der Waals surface area contributed by atoms with E-state index < -0.39 is 0 Å². The Bertz CT molecular complexity index is 615. The van der Waals surface area contributed by atoms with Crippen molar-refractivity contribution in [2.75, 3.05) is 29.1 Å². The lowest BCUT2D eigenvalue weighted by Gasteiger charge is -2.06. The van der Waals surface area contributed by atoms with Gasteiger partial charge < -0.3 is 22.5 Å². The number of hydrogen-bond acceptors (Lipinski definition) is 4. The number of anilines is 4. The number of nitrogen functional groups attached to an aromatic ring is 3. The molecule has 0 aliphatic carbocycles.